The van der Waals surface area contributed by atoms with E-state index in [0.29, 0.717) is 5.92 Å². The first-order valence-corrected chi connectivity index (χ1v) is 5.80. The van der Waals surface area contributed by atoms with Crippen LogP contribution in [0.3, 0.4) is 0 Å². The zero-order valence-corrected chi connectivity index (χ0v) is 10.3. The third-order valence-electron chi connectivity index (χ3n) is 3.00. The first-order valence-electron chi connectivity index (χ1n) is 5.80. The lowest BCUT2D eigenvalue weighted by atomic mass is 9.91. The molecule has 0 saturated carbocycles. The Bertz CT molecular complexity index is 297. The molecule has 0 heterocycles. The highest BCUT2D eigenvalue weighted by Crippen LogP contribution is 2.24. The van der Waals surface area contributed by atoms with Crippen molar-refractivity contribution in [3.05, 3.63) is 35.6 Å². The molecular formula is C13H21FN2. The fourth-order valence-corrected chi connectivity index (χ4v) is 2.10. The smallest absolute Gasteiger partial charge is 0.123 e. The minimum absolute atomic E-state index is 0.180. The van der Waals surface area contributed by atoms with Crippen LogP contribution in [0.4, 0.5) is 4.39 Å². The predicted molar refractivity (Wildman–Crippen MR) is 65.9 cm³/mol. The first kappa shape index (κ1) is 13.1. The lowest BCUT2D eigenvalue weighted by Gasteiger charge is -2.26. The van der Waals surface area contributed by atoms with Crippen LogP contribution in [0.1, 0.15) is 24.9 Å². The van der Waals surface area contributed by atoms with Gasteiger partial charge < -0.3 is 10.6 Å². The molecule has 0 fully saturated rings. The Hall–Kier alpha value is -0.930. The average molecular weight is 224 g/mol. The molecule has 0 bridgehead atoms. The molecule has 0 aromatic heterocycles. The summed E-state index contributed by atoms with van der Waals surface area (Å²) in [4.78, 5) is 0. The van der Waals surface area contributed by atoms with Crippen molar-refractivity contribution in [3.8, 4) is 0 Å². The van der Waals surface area contributed by atoms with Crippen LogP contribution in [0, 0.1) is 11.7 Å². The van der Waals surface area contributed by atoms with E-state index in [0.717, 1.165) is 18.5 Å². The second-order valence-electron chi connectivity index (χ2n) is 4.04. The summed E-state index contributed by atoms with van der Waals surface area (Å²) in [6.07, 6.45) is 1.09. The molecule has 0 aliphatic rings. The van der Waals surface area contributed by atoms with Crippen LogP contribution >= 0.6 is 0 Å². The zero-order chi connectivity index (χ0) is 12.0. The Balaban J connectivity index is 2.83. The molecule has 16 heavy (non-hydrogen) atoms. The number of hydrogen-bond acceptors (Lipinski definition) is 2. The van der Waals surface area contributed by atoms with E-state index in [4.69, 9.17) is 0 Å². The van der Waals surface area contributed by atoms with Crippen LogP contribution in [0.15, 0.2) is 24.3 Å². The van der Waals surface area contributed by atoms with E-state index in [1.807, 2.05) is 26.2 Å². The number of rotatable bonds is 6. The maximum atomic E-state index is 12.9. The molecule has 2 nitrogen and oxygen atoms in total. The summed E-state index contributed by atoms with van der Waals surface area (Å²) >= 11 is 0. The number of hydrogen-bond donors (Lipinski definition) is 2. The van der Waals surface area contributed by atoms with Gasteiger partial charge in [-0.15, -0.1) is 0 Å². The molecule has 1 aromatic rings. The molecule has 0 spiro atoms. The van der Waals surface area contributed by atoms with E-state index in [9.17, 15) is 4.39 Å². The van der Waals surface area contributed by atoms with E-state index in [-0.39, 0.29) is 11.9 Å². The normalized spacial score (nSPS) is 14.8. The number of benzene rings is 1. The van der Waals surface area contributed by atoms with E-state index in [1.165, 1.54) is 12.1 Å². The molecular weight excluding hydrogens is 203 g/mol. The van der Waals surface area contributed by atoms with E-state index in [2.05, 4.69) is 17.6 Å². The van der Waals surface area contributed by atoms with Crippen LogP contribution < -0.4 is 10.6 Å². The van der Waals surface area contributed by atoms with Gasteiger partial charge in [0.2, 0.25) is 0 Å². The Morgan fingerprint density at radius 1 is 1.19 bits per heavy atom. The Morgan fingerprint density at radius 2 is 1.81 bits per heavy atom. The van der Waals surface area contributed by atoms with Gasteiger partial charge in [-0.25, -0.2) is 4.39 Å². The summed E-state index contributed by atoms with van der Waals surface area (Å²) in [6.45, 7) is 3.13. The Labute approximate surface area is 97.3 Å². The third-order valence-corrected chi connectivity index (χ3v) is 3.00. The fraction of sp³-hybridized carbons (Fsp3) is 0.538. The second-order valence-corrected chi connectivity index (χ2v) is 4.04. The van der Waals surface area contributed by atoms with Crippen molar-refractivity contribution in [3.63, 3.8) is 0 Å². The maximum absolute atomic E-state index is 12.9. The van der Waals surface area contributed by atoms with Crippen LogP contribution in [-0.4, -0.2) is 20.6 Å². The molecule has 2 atom stereocenters. The van der Waals surface area contributed by atoms with E-state index in [1.54, 1.807) is 0 Å². The summed E-state index contributed by atoms with van der Waals surface area (Å²) in [5, 5.41) is 6.51. The molecule has 0 radical (unpaired) electrons. The van der Waals surface area contributed by atoms with Gasteiger partial charge in [-0.05, 0) is 44.3 Å². The molecule has 0 saturated heterocycles. The quantitative estimate of drug-likeness (QED) is 0.775. The standard InChI is InChI=1S/C13H21FN2/c1-4-10(9-15-2)13(16-3)11-5-7-12(14)8-6-11/h5-8,10,13,15-16H,4,9H2,1-3H3. The van der Waals surface area contributed by atoms with E-state index >= 15 is 0 Å². The Kier molecular flexibility index (Phi) is 5.43. The first-order chi connectivity index (χ1) is 7.72. The van der Waals surface area contributed by atoms with Crippen molar-refractivity contribution >= 4 is 0 Å². The van der Waals surface area contributed by atoms with Gasteiger partial charge in [-0.3, -0.25) is 0 Å². The third kappa shape index (κ3) is 3.29. The Morgan fingerprint density at radius 3 is 2.25 bits per heavy atom. The van der Waals surface area contributed by atoms with Crippen molar-refractivity contribution in [2.45, 2.75) is 19.4 Å². The fourth-order valence-electron chi connectivity index (χ4n) is 2.10. The second kappa shape index (κ2) is 6.61. The lowest BCUT2D eigenvalue weighted by Crippen LogP contribution is -2.31. The average Bonchev–Trinajstić information content (AvgIpc) is 2.31. The molecule has 2 unspecified atom stereocenters. The molecule has 2 N–H and O–H groups in total. The van der Waals surface area contributed by atoms with Crippen molar-refractivity contribution < 1.29 is 4.39 Å². The van der Waals surface area contributed by atoms with Gasteiger partial charge in [0, 0.05) is 6.04 Å². The van der Waals surface area contributed by atoms with Crippen LogP contribution in [0.5, 0.6) is 0 Å². The number of halogens is 1. The van der Waals surface area contributed by atoms with Gasteiger partial charge in [0.05, 0.1) is 0 Å². The topological polar surface area (TPSA) is 24.1 Å². The highest BCUT2D eigenvalue weighted by atomic mass is 19.1. The van der Waals surface area contributed by atoms with Gasteiger partial charge in [0.25, 0.3) is 0 Å². The minimum atomic E-state index is -0.180. The summed E-state index contributed by atoms with van der Waals surface area (Å²) in [6, 6.07) is 7.03. The summed E-state index contributed by atoms with van der Waals surface area (Å²) in [5.74, 6) is 0.334. The number of nitrogens with one attached hydrogen (secondary N) is 2. The molecule has 0 amide bonds. The highest BCUT2D eigenvalue weighted by Gasteiger charge is 2.19. The molecule has 1 rings (SSSR count). The largest absolute Gasteiger partial charge is 0.319 e. The summed E-state index contributed by atoms with van der Waals surface area (Å²) in [5.41, 5.74) is 1.14. The summed E-state index contributed by atoms with van der Waals surface area (Å²) < 4.78 is 12.9. The van der Waals surface area contributed by atoms with Crippen molar-refractivity contribution in [2.24, 2.45) is 5.92 Å². The van der Waals surface area contributed by atoms with Gasteiger partial charge in [-0.1, -0.05) is 25.5 Å². The maximum Gasteiger partial charge on any atom is 0.123 e. The molecule has 0 aliphatic carbocycles. The predicted octanol–water partition coefficient (Wildman–Crippen LogP) is 2.33. The van der Waals surface area contributed by atoms with Crippen LogP contribution in [-0.2, 0) is 0 Å². The van der Waals surface area contributed by atoms with Gasteiger partial charge >= 0.3 is 0 Å². The van der Waals surface area contributed by atoms with Gasteiger partial charge in [-0.2, -0.15) is 0 Å². The molecule has 0 aliphatic heterocycles. The highest BCUT2D eigenvalue weighted by molar-refractivity contribution is 5.20. The molecule has 90 valence electrons. The van der Waals surface area contributed by atoms with Crippen LogP contribution in [0.2, 0.25) is 0 Å². The SMILES string of the molecule is CCC(CNC)C(NC)c1ccc(F)cc1. The zero-order valence-electron chi connectivity index (χ0n) is 10.3. The van der Waals surface area contributed by atoms with Crippen molar-refractivity contribution in [2.75, 3.05) is 20.6 Å². The minimum Gasteiger partial charge on any atom is -0.319 e. The van der Waals surface area contributed by atoms with Crippen molar-refractivity contribution in [1.82, 2.24) is 10.6 Å². The van der Waals surface area contributed by atoms with Gasteiger partial charge in [0.15, 0.2) is 0 Å². The molecule has 1 aromatic carbocycles. The molecule has 3 heteroatoms. The van der Waals surface area contributed by atoms with E-state index < -0.39 is 0 Å². The monoisotopic (exact) mass is 224 g/mol. The summed E-state index contributed by atoms with van der Waals surface area (Å²) in [7, 11) is 3.91. The van der Waals surface area contributed by atoms with Gasteiger partial charge in [0.1, 0.15) is 5.82 Å². The van der Waals surface area contributed by atoms with Crippen LogP contribution in [0.25, 0.3) is 0 Å². The lowest BCUT2D eigenvalue weighted by molar-refractivity contribution is 0.359. The van der Waals surface area contributed by atoms with Crippen molar-refractivity contribution in [1.29, 1.82) is 0 Å².